The Morgan fingerprint density at radius 1 is 1.03 bits per heavy atom. The van der Waals surface area contributed by atoms with Crippen molar-refractivity contribution in [1.29, 1.82) is 0 Å². The molecule has 4 rings (SSSR count). The largest absolute Gasteiger partial charge is 0.508 e. The molecule has 0 aliphatic carbocycles. The summed E-state index contributed by atoms with van der Waals surface area (Å²) in [7, 11) is 3.14. The summed E-state index contributed by atoms with van der Waals surface area (Å²) >= 11 is 1.20. The third kappa shape index (κ3) is 5.58. The molecule has 0 radical (unpaired) electrons. The molecule has 0 aliphatic heterocycles. The van der Waals surface area contributed by atoms with Gasteiger partial charge in [0.2, 0.25) is 0 Å². The highest BCUT2D eigenvalue weighted by atomic mass is 32.2. The lowest BCUT2D eigenvalue weighted by Gasteiger charge is -2.12. The number of hydrogen-bond donors (Lipinski definition) is 3. The minimum atomic E-state index is -0.371. The number of hydrogen-bond acceptors (Lipinski definition) is 9. The van der Waals surface area contributed by atoms with Crippen molar-refractivity contribution in [3.8, 4) is 40.1 Å². The Labute approximate surface area is 211 Å². The van der Waals surface area contributed by atoms with E-state index in [0.29, 0.717) is 28.0 Å². The number of nitrogens with one attached hydrogen (secondary N) is 1. The van der Waals surface area contributed by atoms with E-state index in [9.17, 15) is 15.0 Å². The number of amides is 1. The van der Waals surface area contributed by atoms with Crippen LogP contribution in [0.3, 0.4) is 0 Å². The van der Waals surface area contributed by atoms with Gasteiger partial charge < -0.3 is 19.7 Å². The summed E-state index contributed by atoms with van der Waals surface area (Å²) in [5, 5.41) is 32.2. The van der Waals surface area contributed by atoms with Crippen LogP contribution in [-0.4, -0.2) is 57.1 Å². The van der Waals surface area contributed by atoms with Crippen LogP contribution in [-0.2, 0) is 4.79 Å². The first kappa shape index (κ1) is 24.6. The van der Waals surface area contributed by atoms with Gasteiger partial charge in [0, 0.05) is 22.9 Å². The van der Waals surface area contributed by atoms with Crippen LogP contribution in [0.15, 0.2) is 77.0 Å². The highest BCUT2D eigenvalue weighted by molar-refractivity contribution is 7.99. The summed E-state index contributed by atoms with van der Waals surface area (Å²) in [6.45, 7) is 0. The molecule has 36 heavy (non-hydrogen) atoms. The smallest absolute Gasteiger partial charge is 0.250 e. The molecule has 3 aromatic carbocycles. The van der Waals surface area contributed by atoms with E-state index < -0.39 is 0 Å². The summed E-state index contributed by atoms with van der Waals surface area (Å²) in [6, 6.07) is 19.1. The molecule has 0 fully saturated rings. The van der Waals surface area contributed by atoms with Crippen LogP contribution in [0.1, 0.15) is 5.56 Å². The molecule has 0 saturated heterocycles. The maximum Gasteiger partial charge on any atom is 0.250 e. The molecular weight excluding hydrogens is 482 g/mol. The fraction of sp³-hybridized carbons (Fsp3) is 0.120. The second kappa shape index (κ2) is 11.3. The van der Waals surface area contributed by atoms with Crippen molar-refractivity contribution in [2.75, 3.05) is 20.0 Å². The van der Waals surface area contributed by atoms with Crippen LogP contribution >= 0.6 is 11.8 Å². The van der Waals surface area contributed by atoms with Crippen LogP contribution in [0, 0.1) is 0 Å². The van der Waals surface area contributed by atoms with Crippen molar-refractivity contribution in [1.82, 2.24) is 20.2 Å². The third-order valence-corrected chi connectivity index (χ3v) is 5.96. The molecule has 0 saturated carbocycles. The SMILES string of the molecule is COc1ccc(-c2nnc(SCC(=O)NN=Cc3ccc(O)cc3O)n2-c2ccccc2)cc1OC. The van der Waals surface area contributed by atoms with E-state index in [4.69, 9.17) is 9.47 Å². The number of nitrogens with zero attached hydrogens (tertiary/aromatic N) is 4. The number of carbonyl (C=O) groups excluding carboxylic acids is 1. The van der Waals surface area contributed by atoms with Crippen LogP contribution < -0.4 is 14.9 Å². The first-order valence-corrected chi connectivity index (χ1v) is 11.7. The molecule has 0 spiro atoms. The van der Waals surface area contributed by atoms with Gasteiger partial charge in [-0.3, -0.25) is 9.36 Å². The van der Waals surface area contributed by atoms with E-state index in [-0.39, 0.29) is 23.2 Å². The van der Waals surface area contributed by atoms with Crippen molar-refractivity contribution in [2.45, 2.75) is 5.16 Å². The first-order valence-electron chi connectivity index (χ1n) is 10.7. The Kier molecular flexibility index (Phi) is 7.71. The fourth-order valence-electron chi connectivity index (χ4n) is 3.31. The number of thioether (sulfide) groups is 1. The Morgan fingerprint density at radius 2 is 1.81 bits per heavy atom. The van der Waals surface area contributed by atoms with Gasteiger partial charge in [-0.05, 0) is 42.5 Å². The highest BCUT2D eigenvalue weighted by Crippen LogP contribution is 2.34. The predicted octanol–water partition coefficient (Wildman–Crippen LogP) is 3.61. The molecule has 1 amide bonds. The van der Waals surface area contributed by atoms with Gasteiger partial charge in [-0.15, -0.1) is 10.2 Å². The molecular formula is C25H23N5O5S. The third-order valence-electron chi connectivity index (χ3n) is 5.03. The number of para-hydroxylation sites is 1. The van der Waals surface area contributed by atoms with Crippen LogP contribution in [0.2, 0.25) is 0 Å². The van der Waals surface area contributed by atoms with Gasteiger partial charge in [-0.25, -0.2) is 5.43 Å². The molecule has 0 bridgehead atoms. The predicted molar refractivity (Wildman–Crippen MR) is 136 cm³/mol. The van der Waals surface area contributed by atoms with Crippen LogP contribution in [0.5, 0.6) is 23.0 Å². The second-order valence-electron chi connectivity index (χ2n) is 7.37. The Morgan fingerprint density at radius 3 is 2.53 bits per heavy atom. The van der Waals surface area contributed by atoms with E-state index in [1.54, 1.807) is 20.3 Å². The van der Waals surface area contributed by atoms with Gasteiger partial charge >= 0.3 is 0 Å². The number of phenols is 2. The Hall–Kier alpha value is -4.51. The normalized spacial score (nSPS) is 10.9. The van der Waals surface area contributed by atoms with E-state index in [1.807, 2.05) is 47.0 Å². The van der Waals surface area contributed by atoms with Crippen LogP contribution in [0.25, 0.3) is 17.1 Å². The number of hydrazone groups is 1. The zero-order valence-electron chi connectivity index (χ0n) is 19.5. The van der Waals surface area contributed by atoms with Crippen molar-refractivity contribution in [3.05, 3.63) is 72.3 Å². The van der Waals surface area contributed by atoms with Crippen molar-refractivity contribution in [2.24, 2.45) is 5.10 Å². The number of phenolic OH excluding ortho intramolecular Hbond substituents is 2. The highest BCUT2D eigenvalue weighted by Gasteiger charge is 2.18. The van der Waals surface area contributed by atoms with Gasteiger partial charge in [-0.1, -0.05) is 30.0 Å². The maximum atomic E-state index is 12.4. The Bertz CT molecular complexity index is 1390. The summed E-state index contributed by atoms with van der Waals surface area (Å²) in [6.07, 6.45) is 1.29. The van der Waals surface area contributed by atoms with Crippen LogP contribution in [0.4, 0.5) is 0 Å². The zero-order chi connectivity index (χ0) is 25.5. The molecule has 0 atom stereocenters. The molecule has 184 valence electrons. The van der Waals surface area contributed by atoms with E-state index in [2.05, 4.69) is 20.7 Å². The minimum Gasteiger partial charge on any atom is -0.508 e. The second-order valence-corrected chi connectivity index (χ2v) is 8.31. The number of aromatic hydroxyl groups is 2. The molecule has 4 aromatic rings. The summed E-state index contributed by atoms with van der Waals surface area (Å²) in [5.41, 5.74) is 4.36. The average molecular weight is 506 g/mol. The standard InChI is InChI=1S/C25H23N5O5S/c1-34-21-11-9-16(12-22(21)35-2)24-28-29-25(30(24)18-6-4-3-5-7-18)36-15-23(33)27-26-14-17-8-10-19(31)13-20(17)32/h3-14,31-32H,15H2,1-2H3,(H,27,33). The molecule has 0 aliphatic rings. The summed E-state index contributed by atoms with van der Waals surface area (Å²) < 4.78 is 12.6. The number of aromatic nitrogens is 3. The first-order chi connectivity index (χ1) is 17.5. The van der Waals surface area contributed by atoms with Gasteiger partial charge in [0.15, 0.2) is 22.5 Å². The zero-order valence-corrected chi connectivity index (χ0v) is 20.3. The van der Waals surface area contributed by atoms with E-state index >= 15 is 0 Å². The van der Waals surface area contributed by atoms with E-state index in [1.165, 1.54) is 36.2 Å². The molecule has 1 aromatic heterocycles. The molecule has 3 N–H and O–H groups in total. The molecule has 10 nitrogen and oxygen atoms in total. The van der Waals surface area contributed by atoms with Gasteiger partial charge in [0.1, 0.15) is 11.5 Å². The topological polar surface area (TPSA) is 131 Å². The monoisotopic (exact) mass is 505 g/mol. The van der Waals surface area contributed by atoms with Crippen molar-refractivity contribution in [3.63, 3.8) is 0 Å². The minimum absolute atomic E-state index is 0.0236. The number of rotatable bonds is 9. The average Bonchev–Trinajstić information content (AvgIpc) is 3.32. The van der Waals surface area contributed by atoms with Crippen molar-refractivity contribution >= 4 is 23.9 Å². The van der Waals surface area contributed by atoms with E-state index in [0.717, 1.165) is 11.3 Å². The lowest BCUT2D eigenvalue weighted by atomic mass is 10.2. The van der Waals surface area contributed by atoms with Crippen molar-refractivity contribution < 1.29 is 24.5 Å². The Balaban J connectivity index is 1.54. The fourth-order valence-corrected chi connectivity index (χ4v) is 4.06. The molecule has 1 heterocycles. The van der Waals surface area contributed by atoms with Gasteiger partial charge in [0.25, 0.3) is 5.91 Å². The lowest BCUT2D eigenvalue weighted by Crippen LogP contribution is -2.20. The number of carbonyl (C=O) groups is 1. The van der Waals surface area contributed by atoms with Gasteiger partial charge in [-0.2, -0.15) is 5.10 Å². The maximum absolute atomic E-state index is 12.4. The summed E-state index contributed by atoms with van der Waals surface area (Å²) in [4.78, 5) is 12.4. The number of ether oxygens (including phenoxy) is 2. The van der Waals surface area contributed by atoms with Gasteiger partial charge in [0.05, 0.1) is 26.2 Å². The number of benzene rings is 3. The molecule has 0 unspecified atom stereocenters. The number of methoxy groups -OCH3 is 2. The quantitative estimate of drug-likeness (QED) is 0.179. The lowest BCUT2D eigenvalue weighted by molar-refractivity contribution is -0.118. The molecule has 11 heteroatoms. The summed E-state index contributed by atoms with van der Waals surface area (Å²) in [5.74, 6) is 1.16.